The molecule has 0 bridgehead atoms. The summed E-state index contributed by atoms with van der Waals surface area (Å²) in [5, 5.41) is 1.08. The molecule has 0 saturated carbocycles. The van der Waals surface area contributed by atoms with Gasteiger partial charge in [-0.2, -0.15) is 0 Å². The number of carbonyl (C=O) groups is 1. The molecular weight excluding hydrogens is 411 g/mol. The second-order valence-corrected chi connectivity index (χ2v) is 6.85. The molecule has 24 heavy (non-hydrogen) atoms. The van der Waals surface area contributed by atoms with Crippen molar-refractivity contribution in [3.05, 3.63) is 86.5 Å². The summed E-state index contributed by atoms with van der Waals surface area (Å²) in [6.07, 6.45) is 3.12. The predicted octanol–water partition coefficient (Wildman–Crippen LogP) is 6.91. The first kappa shape index (κ1) is 17.0. The topological polar surface area (TPSA) is 30.2 Å². The molecular formula is C19H11BrCl2O2. The van der Waals surface area contributed by atoms with Gasteiger partial charge in [0.15, 0.2) is 5.78 Å². The second kappa shape index (κ2) is 7.39. The maximum atomic E-state index is 12.1. The molecule has 3 rings (SSSR count). The Morgan fingerprint density at radius 3 is 2.29 bits per heavy atom. The van der Waals surface area contributed by atoms with E-state index < -0.39 is 0 Å². The second-order valence-electron chi connectivity index (χ2n) is 5.06. The first-order valence-corrected chi connectivity index (χ1v) is 8.60. The fourth-order valence-corrected chi connectivity index (χ4v) is 2.95. The van der Waals surface area contributed by atoms with Crippen LogP contribution in [-0.2, 0) is 0 Å². The van der Waals surface area contributed by atoms with Gasteiger partial charge in [-0.05, 0) is 66.7 Å². The number of ketones is 1. The van der Waals surface area contributed by atoms with E-state index >= 15 is 0 Å². The molecule has 1 aromatic heterocycles. The Balaban J connectivity index is 1.78. The summed E-state index contributed by atoms with van der Waals surface area (Å²) in [6, 6.07) is 16.0. The van der Waals surface area contributed by atoms with Crippen molar-refractivity contribution in [2.24, 2.45) is 0 Å². The van der Waals surface area contributed by atoms with Crippen molar-refractivity contribution in [3.8, 4) is 11.3 Å². The third-order valence-electron chi connectivity index (χ3n) is 3.30. The maximum Gasteiger partial charge on any atom is 0.185 e. The van der Waals surface area contributed by atoms with Crippen LogP contribution in [-0.4, -0.2) is 5.78 Å². The van der Waals surface area contributed by atoms with Crippen LogP contribution < -0.4 is 0 Å². The van der Waals surface area contributed by atoms with Gasteiger partial charge in [-0.15, -0.1) is 0 Å². The Morgan fingerprint density at radius 1 is 0.958 bits per heavy atom. The van der Waals surface area contributed by atoms with Crippen molar-refractivity contribution in [1.29, 1.82) is 0 Å². The molecule has 0 atom stereocenters. The van der Waals surface area contributed by atoms with Crippen molar-refractivity contribution in [1.82, 2.24) is 0 Å². The lowest BCUT2D eigenvalue weighted by molar-refractivity contribution is 0.104. The van der Waals surface area contributed by atoms with Crippen molar-refractivity contribution >= 4 is 51.0 Å². The Labute approximate surface area is 157 Å². The standard InChI is InChI=1S/C19H11BrCl2O2/c20-14-3-1-12(2-4-14)18(23)7-5-17-6-8-19(24-17)13-9-15(21)11-16(22)10-13/h1-11H. The van der Waals surface area contributed by atoms with Gasteiger partial charge in [0.05, 0.1) is 0 Å². The van der Waals surface area contributed by atoms with Gasteiger partial charge in [0.25, 0.3) is 0 Å². The summed E-state index contributed by atoms with van der Waals surface area (Å²) in [5.41, 5.74) is 1.40. The number of halogens is 3. The Hall–Kier alpha value is -1.81. The average molecular weight is 422 g/mol. The van der Waals surface area contributed by atoms with Gasteiger partial charge in [-0.3, -0.25) is 4.79 Å². The normalized spacial score (nSPS) is 11.1. The number of carbonyl (C=O) groups excluding carboxylic acids is 1. The Kier molecular flexibility index (Phi) is 5.24. The number of furan rings is 1. The predicted molar refractivity (Wildman–Crippen MR) is 102 cm³/mol. The molecule has 3 aromatic rings. The lowest BCUT2D eigenvalue weighted by Crippen LogP contribution is -1.92. The van der Waals surface area contributed by atoms with E-state index in [1.165, 1.54) is 6.08 Å². The zero-order valence-corrected chi connectivity index (χ0v) is 15.4. The van der Waals surface area contributed by atoms with Crippen molar-refractivity contribution in [3.63, 3.8) is 0 Å². The molecule has 0 aliphatic heterocycles. The molecule has 120 valence electrons. The Bertz CT molecular complexity index is 891. The molecule has 5 heteroatoms. The highest BCUT2D eigenvalue weighted by molar-refractivity contribution is 9.10. The van der Waals surface area contributed by atoms with Gasteiger partial charge in [0, 0.05) is 25.6 Å². The zero-order valence-electron chi connectivity index (χ0n) is 12.3. The van der Waals surface area contributed by atoms with Crippen LogP contribution in [0.1, 0.15) is 16.1 Å². The van der Waals surface area contributed by atoms with E-state index in [4.69, 9.17) is 27.6 Å². The smallest absolute Gasteiger partial charge is 0.185 e. The number of benzene rings is 2. The van der Waals surface area contributed by atoms with Gasteiger partial charge in [-0.1, -0.05) is 39.1 Å². The van der Waals surface area contributed by atoms with Crippen LogP contribution >= 0.6 is 39.1 Å². The van der Waals surface area contributed by atoms with Crippen LogP contribution in [0.15, 0.2) is 69.6 Å². The lowest BCUT2D eigenvalue weighted by Gasteiger charge is -1.99. The molecule has 0 radical (unpaired) electrons. The third kappa shape index (κ3) is 4.18. The maximum absolute atomic E-state index is 12.1. The fraction of sp³-hybridized carbons (Fsp3) is 0. The number of rotatable bonds is 4. The molecule has 0 spiro atoms. The number of allylic oxidation sites excluding steroid dienone is 1. The molecule has 0 aliphatic carbocycles. The summed E-state index contributed by atoms with van der Waals surface area (Å²) >= 11 is 15.3. The molecule has 1 heterocycles. The molecule has 2 nitrogen and oxygen atoms in total. The largest absolute Gasteiger partial charge is 0.457 e. The zero-order chi connectivity index (χ0) is 17.1. The summed E-state index contributed by atoms with van der Waals surface area (Å²) in [5.74, 6) is 1.12. The highest BCUT2D eigenvalue weighted by Crippen LogP contribution is 2.29. The van der Waals surface area contributed by atoms with E-state index in [1.54, 1.807) is 42.5 Å². The highest BCUT2D eigenvalue weighted by atomic mass is 79.9. The van der Waals surface area contributed by atoms with Crippen molar-refractivity contribution < 1.29 is 9.21 Å². The Morgan fingerprint density at radius 2 is 1.62 bits per heavy atom. The summed E-state index contributed by atoms with van der Waals surface area (Å²) in [4.78, 5) is 12.1. The van der Waals surface area contributed by atoms with Crippen LogP contribution in [0.3, 0.4) is 0 Å². The van der Waals surface area contributed by atoms with Crippen LogP contribution in [0.25, 0.3) is 17.4 Å². The lowest BCUT2D eigenvalue weighted by atomic mass is 10.1. The van der Waals surface area contributed by atoms with E-state index in [0.717, 1.165) is 10.0 Å². The van der Waals surface area contributed by atoms with Crippen LogP contribution in [0.2, 0.25) is 10.0 Å². The van der Waals surface area contributed by atoms with E-state index in [-0.39, 0.29) is 5.78 Å². The van der Waals surface area contributed by atoms with Crippen LogP contribution in [0.5, 0.6) is 0 Å². The van der Waals surface area contributed by atoms with Gasteiger partial charge in [0.2, 0.25) is 0 Å². The van der Waals surface area contributed by atoms with Crippen LogP contribution in [0, 0.1) is 0 Å². The molecule has 0 amide bonds. The fourth-order valence-electron chi connectivity index (χ4n) is 2.16. The summed E-state index contributed by atoms with van der Waals surface area (Å²) in [6.45, 7) is 0. The summed E-state index contributed by atoms with van der Waals surface area (Å²) in [7, 11) is 0. The molecule has 0 unspecified atom stereocenters. The minimum absolute atomic E-state index is 0.0914. The monoisotopic (exact) mass is 420 g/mol. The molecule has 0 saturated heterocycles. The summed E-state index contributed by atoms with van der Waals surface area (Å²) < 4.78 is 6.65. The van der Waals surface area contributed by atoms with Crippen molar-refractivity contribution in [2.75, 3.05) is 0 Å². The van der Waals surface area contributed by atoms with Gasteiger partial charge >= 0.3 is 0 Å². The molecule has 2 aromatic carbocycles. The quantitative estimate of drug-likeness (QED) is 0.338. The highest BCUT2D eigenvalue weighted by Gasteiger charge is 2.07. The third-order valence-corrected chi connectivity index (χ3v) is 4.27. The van der Waals surface area contributed by atoms with Gasteiger partial charge < -0.3 is 4.42 Å². The number of hydrogen-bond donors (Lipinski definition) is 0. The van der Waals surface area contributed by atoms with E-state index in [0.29, 0.717) is 27.1 Å². The first-order chi connectivity index (χ1) is 11.5. The first-order valence-electron chi connectivity index (χ1n) is 7.05. The van der Waals surface area contributed by atoms with Gasteiger partial charge in [0.1, 0.15) is 11.5 Å². The molecule has 0 aliphatic rings. The molecule has 0 N–H and O–H groups in total. The van der Waals surface area contributed by atoms with Gasteiger partial charge in [-0.25, -0.2) is 0 Å². The number of hydrogen-bond acceptors (Lipinski definition) is 2. The minimum atomic E-state index is -0.0914. The van der Waals surface area contributed by atoms with Crippen molar-refractivity contribution in [2.45, 2.75) is 0 Å². The van der Waals surface area contributed by atoms with E-state index in [2.05, 4.69) is 15.9 Å². The average Bonchev–Trinajstić information content (AvgIpc) is 3.01. The van der Waals surface area contributed by atoms with E-state index in [1.807, 2.05) is 18.2 Å². The molecule has 0 fully saturated rings. The van der Waals surface area contributed by atoms with Crippen LogP contribution in [0.4, 0.5) is 0 Å². The SMILES string of the molecule is O=C(C=Cc1ccc(-c2cc(Cl)cc(Cl)c2)o1)c1ccc(Br)cc1. The minimum Gasteiger partial charge on any atom is -0.457 e. The van der Waals surface area contributed by atoms with E-state index in [9.17, 15) is 4.79 Å².